The molecule has 1 aromatic carbocycles. The third-order valence-electron chi connectivity index (χ3n) is 3.07. The molecule has 2 N–H and O–H groups in total. The van der Waals surface area contributed by atoms with Crippen molar-refractivity contribution in [2.24, 2.45) is 0 Å². The van der Waals surface area contributed by atoms with Crippen molar-refractivity contribution in [2.45, 2.75) is 37.6 Å². The number of nitrogens with one attached hydrogen (secondary N) is 2. The van der Waals surface area contributed by atoms with E-state index in [-0.39, 0.29) is 5.69 Å². The molecule has 0 unspecified atom stereocenters. The van der Waals surface area contributed by atoms with Crippen molar-refractivity contribution in [2.75, 3.05) is 12.4 Å². The molecule has 118 valence electrons. The molecule has 9 heteroatoms. The lowest BCUT2D eigenvalue weighted by Crippen LogP contribution is -2.43. The summed E-state index contributed by atoms with van der Waals surface area (Å²) in [6.45, 7) is 5.10. The highest BCUT2D eigenvalue weighted by Crippen LogP contribution is 2.30. The Labute approximate surface area is 122 Å². The first-order valence-corrected chi connectivity index (χ1v) is 7.72. The average Bonchev–Trinajstić information content (AvgIpc) is 2.35. The second-order valence-corrected chi connectivity index (χ2v) is 6.77. The molecule has 7 nitrogen and oxygen atoms in total. The Hall–Kier alpha value is -1.74. The summed E-state index contributed by atoms with van der Waals surface area (Å²) in [4.78, 5) is 9.29. The van der Waals surface area contributed by atoms with Gasteiger partial charge >= 0.3 is 0 Å². The Kier molecular flexibility index (Phi) is 4.90. The van der Waals surface area contributed by atoms with Crippen LogP contribution in [0.25, 0.3) is 0 Å². The van der Waals surface area contributed by atoms with Crippen LogP contribution in [0.3, 0.4) is 0 Å². The van der Waals surface area contributed by atoms with Crippen molar-refractivity contribution < 1.29 is 17.7 Å². The molecule has 0 aliphatic rings. The Balaban J connectivity index is 3.46. The van der Waals surface area contributed by atoms with Crippen LogP contribution >= 0.6 is 0 Å². The van der Waals surface area contributed by atoms with Crippen molar-refractivity contribution >= 4 is 21.4 Å². The second kappa shape index (κ2) is 5.94. The summed E-state index contributed by atoms with van der Waals surface area (Å²) in [6, 6.07) is 1.57. The van der Waals surface area contributed by atoms with E-state index in [4.69, 9.17) is 0 Å². The van der Waals surface area contributed by atoms with Crippen LogP contribution in [0.4, 0.5) is 15.8 Å². The summed E-state index contributed by atoms with van der Waals surface area (Å²) in [6.07, 6.45) is 0.496. The number of hydrogen-bond acceptors (Lipinski definition) is 5. The molecule has 0 radical (unpaired) electrons. The first-order chi connectivity index (χ1) is 9.54. The number of non-ortho nitro benzene ring substituents is 1. The van der Waals surface area contributed by atoms with Crippen LogP contribution in [0.2, 0.25) is 0 Å². The molecule has 1 aromatic rings. The largest absolute Gasteiger partial charge is 0.387 e. The van der Waals surface area contributed by atoms with Crippen LogP contribution in [0.1, 0.15) is 27.2 Å². The maximum Gasteiger partial charge on any atom is 0.274 e. The minimum Gasteiger partial charge on any atom is -0.387 e. The molecule has 0 atom stereocenters. The van der Waals surface area contributed by atoms with Gasteiger partial charge in [-0.1, -0.05) is 6.92 Å². The van der Waals surface area contributed by atoms with Crippen LogP contribution in [-0.4, -0.2) is 25.9 Å². The predicted molar refractivity (Wildman–Crippen MR) is 77.3 cm³/mol. The van der Waals surface area contributed by atoms with E-state index in [9.17, 15) is 22.9 Å². The number of rotatable bonds is 6. The Morgan fingerprint density at radius 3 is 2.38 bits per heavy atom. The van der Waals surface area contributed by atoms with Gasteiger partial charge in [-0.05, 0) is 20.3 Å². The standard InChI is InChI=1S/C12H18FN3O4S/c1-5-12(2,3)15-21(19,20)11-9(13)6-8(16(17)18)7-10(11)14-4/h6-7,14-15H,5H2,1-4H3. The van der Waals surface area contributed by atoms with E-state index >= 15 is 0 Å². The zero-order valence-electron chi connectivity index (χ0n) is 12.2. The number of nitro benzene ring substituents is 1. The summed E-state index contributed by atoms with van der Waals surface area (Å²) in [7, 11) is -2.79. The fraction of sp³-hybridized carbons (Fsp3) is 0.500. The smallest absolute Gasteiger partial charge is 0.274 e. The third kappa shape index (κ3) is 3.88. The van der Waals surface area contributed by atoms with Gasteiger partial charge < -0.3 is 5.32 Å². The lowest BCUT2D eigenvalue weighted by molar-refractivity contribution is -0.385. The average molecular weight is 319 g/mol. The maximum atomic E-state index is 14.1. The lowest BCUT2D eigenvalue weighted by Gasteiger charge is -2.25. The number of benzene rings is 1. The third-order valence-corrected chi connectivity index (χ3v) is 4.85. The van der Waals surface area contributed by atoms with E-state index in [0.717, 1.165) is 6.07 Å². The maximum absolute atomic E-state index is 14.1. The van der Waals surface area contributed by atoms with Gasteiger partial charge in [-0.2, -0.15) is 0 Å². The molecule has 0 aliphatic carbocycles. The van der Waals surface area contributed by atoms with Gasteiger partial charge in [-0.15, -0.1) is 0 Å². The molecule has 21 heavy (non-hydrogen) atoms. The minimum atomic E-state index is -4.16. The van der Waals surface area contributed by atoms with Crippen LogP contribution < -0.4 is 10.0 Å². The second-order valence-electron chi connectivity index (χ2n) is 5.15. The van der Waals surface area contributed by atoms with Gasteiger partial charge in [-0.3, -0.25) is 10.1 Å². The Bertz CT molecular complexity index is 659. The number of halogens is 1. The quantitative estimate of drug-likeness (QED) is 0.618. The molecule has 0 bridgehead atoms. The Morgan fingerprint density at radius 2 is 1.95 bits per heavy atom. The van der Waals surface area contributed by atoms with Gasteiger partial charge in [0.15, 0.2) is 5.82 Å². The molecule has 0 heterocycles. The fourth-order valence-corrected chi connectivity index (χ4v) is 3.37. The molecule has 0 spiro atoms. The molecule has 0 saturated carbocycles. The minimum absolute atomic E-state index is 0.166. The van der Waals surface area contributed by atoms with Crippen molar-refractivity contribution in [3.8, 4) is 0 Å². The fourth-order valence-electron chi connectivity index (χ4n) is 1.63. The van der Waals surface area contributed by atoms with Crippen molar-refractivity contribution in [1.29, 1.82) is 0 Å². The van der Waals surface area contributed by atoms with Gasteiger partial charge in [0.1, 0.15) is 4.90 Å². The van der Waals surface area contributed by atoms with Crippen LogP contribution in [0.15, 0.2) is 17.0 Å². The lowest BCUT2D eigenvalue weighted by atomic mass is 10.0. The van der Waals surface area contributed by atoms with Gasteiger partial charge in [0.05, 0.1) is 16.7 Å². The highest BCUT2D eigenvalue weighted by atomic mass is 32.2. The zero-order valence-corrected chi connectivity index (χ0v) is 13.0. The topological polar surface area (TPSA) is 101 Å². The molecular formula is C12H18FN3O4S. The number of anilines is 1. The number of hydrogen-bond donors (Lipinski definition) is 2. The first-order valence-electron chi connectivity index (χ1n) is 6.23. The summed E-state index contributed by atoms with van der Waals surface area (Å²) >= 11 is 0. The molecule has 0 fully saturated rings. The molecule has 0 aliphatic heterocycles. The van der Waals surface area contributed by atoms with E-state index in [0.29, 0.717) is 12.5 Å². The van der Waals surface area contributed by atoms with Crippen LogP contribution in [0.5, 0.6) is 0 Å². The van der Waals surface area contributed by atoms with Crippen LogP contribution in [-0.2, 0) is 10.0 Å². The summed E-state index contributed by atoms with van der Waals surface area (Å²) < 4.78 is 41.1. The van der Waals surface area contributed by atoms with Gasteiger partial charge in [-0.25, -0.2) is 17.5 Å². The summed E-state index contributed by atoms with van der Waals surface area (Å²) in [5, 5.41) is 13.2. The summed E-state index contributed by atoms with van der Waals surface area (Å²) in [5.74, 6) is -1.17. The SMILES string of the molecule is CCC(C)(C)NS(=O)(=O)c1c(F)cc([N+](=O)[O-])cc1NC. The zero-order chi connectivity index (χ0) is 16.4. The number of nitro groups is 1. The molecule has 0 saturated heterocycles. The number of sulfonamides is 1. The van der Waals surface area contributed by atoms with E-state index in [2.05, 4.69) is 10.0 Å². The number of nitrogens with zero attached hydrogens (tertiary/aromatic N) is 1. The van der Waals surface area contributed by atoms with Crippen molar-refractivity contribution in [3.63, 3.8) is 0 Å². The van der Waals surface area contributed by atoms with Gasteiger partial charge in [0.25, 0.3) is 5.69 Å². The Morgan fingerprint density at radius 1 is 1.38 bits per heavy atom. The summed E-state index contributed by atoms with van der Waals surface area (Å²) in [5.41, 5.74) is -1.45. The van der Waals surface area contributed by atoms with Crippen molar-refractivity contribution in [1.82, 2.24) is 4.72 Å². The molecule has 0 aromatic heterocycles. The molecule has 0 amide bonds. The monoisotopic (exact) mass is 319 g/mol. The van der Waals surface area contributed by atoms with E-state index in [1.165, 1.54) is 7.05 Å². The van der Waals surface area contributed by atoms with Crippen LogP contribution in [0, 0.1) is 15.9 Å². The van der Waals surface area contributed by atoms with Crippen molar-refractivity contribution in [3.05, 3.63) is 28.1 Å². The molecule has 1 rings (SSSR count). The normalized spacial score (nSPS) is 12.2. The predicted octanol–water partition coefficient (Wildman–Crippen LogP) is 2.24. The highest BCUT2D eigenvalue weighted by Gasteiger charge is 2.31. The molecular weight excluding hydrogens is 301 g/mol. The highest BCUT2D eigenvalue weighted by molar-refractivity contribution is 7.89. The van der Waals surface area contributed by atoms with E-state index in [1.807, 2.05) is 0 Å². The van der Waals surface area contributed by atoms with Gasteiger partial charge in [0, 0.05) is 18.7 Å². The van der Waals surface area contributed by atoms with E-state index in [1.54, 1.807) is 20.8 Å². The first kappa shape index (κ1) is 17.3. The van der Waals surface area contributed by atoms with Gasteiger partial charge in [0.2, 0.25) is 10.0 Å². The van der Waals surface area contributed by atoms with E-state index < -0.39 is 36.9 Å².